The summed E-state index contributed by atoms with van der Waals surface area (Å²) in [6.45, 7) is 4.25. The molecule has 1 aromatic heterocycles. The van der Waals surface area contributed by atoms with Crippen LogP contribution in [0, 0.1) is 24.7 Å². The van der Waals surface area contributed by atoms with Gasteiger partial charge < -0.3 is 9.47 Å². The minimum absolute atomic E-state index is 0.127. The van der Waals surface area contributed by atoms with E-state index in [1.165, 1.54) is 12.8 Å². The first-order valence-corrected chi connectivity index (χ1v) is 10.3. The largest absolute Gasteiger partial charge is 0.424 e. The zero-order chi connectivity index (χ0) is 20.4. The number of terminal acetylenes is 1. The summed E-state index contributed by atoms with van der Waals surface area (Å²) in [5.74, 6) is 3.21. The standard InChI is InChI=1S/C24H33NO3/c1-5-7-8-9-12-22(26)28-23-19(3)25-17-20(21(23)18-27-4)16-24(13-6-2)14-10-11-15-24/h2,5,7,17H,8-16,18H2,1,3-4H3/b7-5-. The Labute approximate surface area is 169 Å². The van der Waals surface area contributed by atoms with Gasteiger partial charge in [0.1, 0.15) is 0 Å². The second-order valence-corrected chi connectivity index (χ2v) is 7.81. The molecule has 0 N–H and O–H groups in total. The lowest BCUT2D eigenvalue weighted by Crippen LogP contribution is -2.21. The lowest BCUT2D eigenvalue weighted by Gasteiger charge is -2.28. The van der Waals surface area contributed by atoms with Crippen LogP contribution in [0.25, 0.3) is 0 Å². The first-order chi connectivity index (χ1) is 13.5. The highest BCUT2D eigenvalue weighted by Gasteiger charge is 2.34. The van der Waals surface area contributed by atoms with Crippen molar-refractivity contribution in [2.24, 2.45) is 5.41 Å². The maximum Gasteiger partial charge on any atom is 0.311 e. The Hall–Kier alpha value is -2.12. The number of allylic oxidation sites excluding steroid dienone is 2. The van der Waals surface area contributed by atoms with Crippen LogP contribution in [-0.4, -0.2) is 18.1 Å². The third-order valence-electron chi connectivity index (χ3n) is 5.60. The van der Waals surface area contributed by atoms with Crippen LogP contribution in [0.3, 0.4) is 0 Å². The van der Waals surface area contributed by atoms with E-state index in [1.807, 2.05) is 26.1 Å². The number of methoxy groups -OCH3 is 1. The molecule has 1 fully saturated rings. The first-order valence-electron chi connectivity index (χ1n) is 10.3. The van der Waals surface area contributed by atoms with Gasteiger partial charge in [-0.25, -0.2) is 0 Å². The van der Waals surface area contributed by atoms with Crippen LogP contribution in [0.5, 0.6) is 5.75 Å². The van der Waals surface area contributed by atoms with Gasteiger partial charge in [0.15, 0.2) is 5.75 Å². The summed E-state index contributed by atoms with van der Waals surface area (Å²) >= 11 is 0. The molecular formula is C24H33NO3. The smallest absolute Gasteiger partial charge is 0.311 e. The van der Waals surface area contributed by atoms with E-state index in [-0.39, 0.29) is 11.4 Å². The SMILES string of the molecule is C#CCC1(Cc2cnc(C)c(OC(=O)CCC/C=C\C)c2COC)CCCC1. The molecule has 0 unspecified atom stereocenters. The molecule has 4 heteroatoms. The summed E-state index contributed by atoms with van der Waals surface area (Å²) in [4.78, 5) is 16.9. The van der Waals surface area contributed by atoms with Gasteiger partial charge in [0.05, 0.1) is 12.3 Å². The Morgan fingerprint density at radius 3 is 2.79 bits per heavy atom. The Kier molecular flexibility index (Phi) is 8.73. The number of hydrogen-bond acceptors (Lipinski definition) is 4. The topological polar surface area (TPSA) is 48.4 Å². The van der Waals surface area contributed by atoms with Crippen molar-refractivity contribution >= 4 is 5.97 Å². The third-order valence-corrected chi connectivity index (χ3v) is 5.60. The van der Waals surface area contributed by atoms with Gasteiger partial charge in [-0.2, -0.15) is 0 Å². The van der Waals surface area contributed by atoms with Crippen molar-refractivity contribution in [2.45, 2.75) is 78.2 Å². The molecule has 0 bridgehead atoms. The van der Waals surface area contributed by atoms with Gasteiger partial charge in [0.25, 0.3) is 0 Å². The second kappa shape index (κ2) is 11.0. The van der Waals surface area contributed by atoms with Gasteiger partial charge in [0.2, 0.25) is 0 Å². The molecule has 1 aliphatic carbocycles. The molecule has 4 nitrogen and oxygen atoms in total. The van der Waals surface area contributed by atoms with Crippen molar-refractivity contribution in [3.05, 3.63) is 35.2 Å². The van der Waals surface area contributed by atoms with Crippen LogP contribution in [0.1, 0.15) is 75.1 Å². The highest BCUT2D eigenvalue weighted by atomic mass is 16.5. The summed E-state index contributed by atoms with van der Waals surface area (Å²) < 4.78 is 11.2. The van der Waals surface area contributed by atoms with E-state index in [4.69, 9.17) is 15.9 Å². The van der Waals surface area contributed by atoms with Gasteiger partial charge in [0, 0.05) is 31.7 Å². The highest BCUT2D eigenvalue weighted by Crippen LogP contribution is 2.44. The summed E-state index contributed by atoms with van der Waals surface area (Å²) in [7, 11) is 1.66. The number of esters is 1. The molecule has 0 radical (unpaired) electrons. The zero-order valence-corrected chi connectivity index (χ0v) is 17.6. The lowest BCUT2D eigenvalue weighted by molar-refractivity contribution is -0.134. The molecule has 152 valence electrons. The van der Waals surface area contributed by atoms with Gasteiger partial charge in [-0.05, 0) is 56.9 Å². The van der Waals surface area contributed by atoms with E-state index >= 15 is 0 Å². The summed E-state index contributed by atoms with van der Waals surface area (Å²) in [6, 6.07) is 0. The molecular weight excluding hydrogens is 350 g/mol. The minimum atomic E-state index is -0.219. The first kappa shape index (κ1) is 22.2. The van der Waals surface area contributed by atoms with Crippen molar-refractivity contribution in [3.8, 4) is 18.1 Å². The molecule has 1 heterocycles. The van der Waals surface area contributed by atoms with E-state index in [1.54, 1.807) is 7.11 Å². The Morgan fingerprint density at radius 2 is 2.14 bits per heavy atom. The number of ether oxygens (including phenoxy) is 2. The van der Waals surface area contributed by atoms with Gasteiger partial charge in [-0.15, -0.1) is 12.3 Å². The van der Waals surface area contributed by atoms with Crippen LogP contribution in [0.4, 0.5) is 0 Å². The zero-order valence-electron chi connectivity index (χ0n) is 17.6. The maximum absolute atomic E-state index is 12.4. The fourth-order valence-electron chi connectivity index (χ4n) is 4.12. The van der Waals surface area contributed by atoms with Crippen molar-refractivity contribution in [3.63, 3.8) is 0 Å². The average Bonchev–Trinajstić information content (AvgIpc) is 3.12. The molecule has 0 amide bonds. The molecule has 0 aromatic carbocycles. The molecule has 2 rings (SSSR count). The normalized spacial score (nSPS) is 15.6. The quantitative estimate of drug-likeness (QED) is 0.238. The van der Waals surface area contributed by atoms with E-state index < -0.39 is 0 Å². The predicted octanol–water partition coefficient (Wildman–Crippen LogP) is 5.31. The van der Waals surface area contributed by atoms with Gasteiger partial charge >= 0.3 is 5.97 Å². The Morgan fingerprint density at radius 1 is 1.39 bits per heavy atom. The fraction of sp³-hybridized carbons (Fsp3) is 0.583. The second-order valence-electron chi connectivity index (χ2n) is 7.81. The fourth-order valence-corrected chi connectivity index (χ4v) is 4.12. The molecule has 0 saturated heterocycles. The van der Waals surface area contributed by atoms with Crippen molar-refractivity contribution < 1.29 is 14.3 Å². The number of nitrogens with zero attached hydrogens (tertiary/aromatic N) is 1. The number of aryl methyl sites for hydroxylation is 1. The predicted molar refractivity (Wildman–Crippen MR) is 112 cm³/mol. The number of rotatable bonds is 10. The maximum atomic E-state index is 12.4. The number of unbranched alkanes of at least 4 members (excludes halogenated alkanes) is 1. The van der Waals surface area contributed by atoms with Gasteiger partial charge in [-0.1, -0.05) is 25.0 Å². The van der Waals surface area contributed by atoms with Crippen LogP contribution in [0.2, 0.25) is 0 Å². The van der Waals surface area contributed by atoms with E-state index in [9.17, 15) is 4.79 Å². The molecule has 1 aromatic rings. The monoisotopic (exact) mass is 383 g/mol. The van der Waals surface area contributed by atoms with Crippen molar-refractivity contribution in [1.82, 2.24) is 4.98 Å². The summed E-state index contributed by atoms with van der Waals surface area (Å²) in [5, 5.41) is 0. The van der Waals surface area contributed by atoms with Crippen LogP contribution >= 0.6 is 0 Å². The number of pyridine rings is 1. The lowest BCUT2D eigenvalue weighted by atomic mass is 9.77. The van der Waals surface area contributed by atoms with E-state index in [2.05, 4.69) is 17.0 Å². The van der Waals surface area contributed by atoms with Crippen LogP contribution in [0.15, 0.2) is 18.3 Å². The van der Waals surface area contributed by atoms with Crippen molar-refractivity contribution in [1.29, 1.82) is 0 Å². The van der Waals surface area contributed by atoms with E-state index in [0.29, 0.717) is 18.8 Å². The molecule has 0 spiro atoms. The van der Waals surface area contributed by atoms with Crippen molar-refractivity contribution in [2.75, 3.05) is 7.11 Å². The molecule has 0 aliphatic heterocycles. The molecule has 28 heavy (non-hydrogen) atoms. The number of carbonyl (C=O) groups is 1. The number of aromatic nitrogens is 1. The van der Waals surface area contributed by atoms with E-state index in [0.717, 1.165) is 55.3 Å². The van der Waals surface area contributed by atoms with Crippen LogP contribution in [-0.2, 0) is 22.6 Å². The molecule has 0 atom stereocenters. The molecule has 1 aliphatic rings. The Bertz CT molecular complexity index is 724. The minimum Gasteiger partial charge on any atom is -0.424 e. The van der Waals surface area contributed by atoms with Crippen LogP contribution < -0.4 is 4.74 Å². The van der Waals surface area contributed by atoms with Gasteiger partial charge in [-0.3, -0.25) is 9.78 Å². The Balaban J connectivity index is 2.24. The summed E-state index contributed by atoms with van der Waals surface area (Å²) in [5.41, 5.74) is 2.86. The number of hydrogen-bond donors (Lipinski definition) is 0. The molecule has 1 saturated carbocycles. The highest BCUT2D eigenvalue weighted by molar-refractivity contribution is 5.73. The number of carbonyl (C=O) groups excluding carboxylic acids is 1. The average molecular weight is 384 g/mol. The summed E-state index contributed by atoms with van der Waals surface area (Å²) in [6.07, 6.45) is 20.0. The third kappa shape index (κ3) is 5.94.